The molecule has 2 aromatic heterocycles. The summed E-state index contributed by atoms with van der Waals surface area (Å²) in [6.45, 7) is 1.83. The summed E-state index contributed by atoms with van der Waals surface area (Å²) in [4.78, 5) is 8.10. The Hall–Kier alpha value is -1.88. The summed E-state index contributed by atoms with van der Waals surface area (Å²) in [7, 11) is 0. The van der Waals surface area contributed by atoms with E-state index in [9.17, 15) is 0 Å². The Bertz CT molecular complexity index is 410. The van der Waals surface area contributed by atoms with E-state index in [4.69, 9.17) is 10.5 Å². The maximum atomic E-state index is 5.53. The summed E-state index contributed by atoms with van der Waals surface area (Å²) in [5, 5.41) is 0. The number of hydrogen-bond donors (Lipinski definition) is 1. The van der Waals surface area contributed by atoms with Crippen LogP contribution in [-0.2, 0) is 13.1 Å². The quantitative estimate of drug-likeness (QED) is 0.806. The fraction of sp³-hybridized carbons (Fsp3) is 0.273. The van der Waals surface area contributed by atoms with E-state index in [-0.39, 0.29) is 0 Å². The van der Waals surface area contributed by atoms with Crippen molar-refractivity contribution in [1.29, 1.82) is 0 Å². The first-order valence-corrected chi connectivity index (χ1v) is 5.12. The van der Waals surface area contributed by atoms with E-state index in [1.807, 2.05) is 22.9 Å². The van der Waals surface area contributed by atoms with Crippen molar-refractivity contribution in [3.05, 3.63) is 42.7 Å². The van der Waals surface area contributed by atoms with Crippen LogP contribution in [0.1, 0.15) is 5.69 Å². The Morgan fingerprint density at radius 1 is 1.38 bits per heavy atom. The van der Waals surface area contributed by atoms with Gasteiger partial charge in [0.1, 0.15) is 12.4 Å². The number of pyridine rings is 1. The van der Waals surface area contributed by atoms with Crippen LogP contribution in [0.15, 0.2) is 37.1 Å². The van der Waals surface area contributed by atoms with Crippen molar-refractivity contribution < 1.29 is 4.74 Å². The predicted molar refractivity (Wildman–Crippen MR) is 59.9 cm³/mol. The molecule has 0 aliphatic carbocycles. The third-order valence-electron chi connectivity index (χ3n) is 2.18. The smallest absolute Gasteiger partial charge is 0.137 e. The first kappa shape index (κ1) is 10.6. The predicted octanol–water partition coefficient (Wildman–Crippen LogP) is 0.816. The van der Waals surface area contributed by atoms with Gasteiger partial charge in [-0.15, -0.1) is 0 Å². The molecular weight excluding hydrogens is 204 g/mol. The molecule has 0 saturated carbocycles. The molecule has 84 valence electrons. The van der Waals surface area contributed by atoms with Crippen LogP contribution >= 0.6 is 0 Å². The molecule has 0 atom stereocenters. The monoisotopic (exact) mass is 218 g/mol. The summed E-state index contributed by atoms with van der Waals surface area (Å²) in [6.07, 6.45) is 7.10. The van der Waals surface area contributed by atoms with Gasteiger partial charge in [0.05, 0.1) is 24.8 Å². The van der Waals surface area contributed by atoms with Crippen LogP contribution < -0.4 is 10.5 Å². The molecule has 0 saturated heterocycles. The molecule has 0 aliphatic heterocycles. The SMILES string of the molecule is NCc1ccc(OCCn2ccnc2)cn1. The number of nitrogens with zero attached hydrogens (tertiary/aromatic N) is 3. The average molecular weight is 218 g/mol. The fourth-order valence-corrected chi connectivity index (χ4v) is 1.30. The molecule has 0 radical (unpaired) electrons. The summed E-state index contributed by atoms with van der Waals surface area (Å²) >= 11 is 0. The Morgan fingerprint density at radius 2 is 2.31 bits per heavy atom. The Labute approximate surface area is 93.9 Å². The van der Waals surface area contributed by atoms with Crippen molar-refractivity contribution in [3.63, 3.8) is 0 Å². The Balaban J connectivity index is 1.81. The highest BCUT2D eigenvalue weighted by molar-refractivity contribution is 5.19. The first-order valence-electron chi connectivity index (χ1n) is 5.12. The fourth-order valence-electron chi connectivity index (χ4n) is 1.30. The van der Waals surface area contributed by atoms with E-state index in [2.05, 4.69) is 9.97 Å². The van der Waals surface area contributed by atoms with Crippen LogP contribution in [0.25, 0.3) is 0 Å². The lowest BCUT2D eigenvalue weighted by Crippen LogP contribution is -2.07. The molecule has 0 aliphatic rings. The molecule has 0 spiro atoms. The second-order valence-electron chi connectivity index (χ2n) is 3.34. The molecule has 5 heteroatoms. The molecule has 2 N–H and O–H groups in total. The molecular formula is C11H14N4O. The van der Waals surface area contributed by atoms with E-state index in [0.717, 1.165) is 18.0 Å². The van der Waals surface area contributed by atoms with Crippen LogP contribution in [0.4, 0.5) is 0 Å². The van der Waals surface area contributed by atoms with Crippen LogP contribution in [0.3, 0.4) is 0 Å². The van der Waals surface area contributed by atoms with Crippen LogP contribution in [0, 0.1) is 0 Å². The lowest BCUT2D eigenvalue weighted by Gasteiger charge is -2.06. The summed E-state index contributed by atoms with van der Waals surface area (Å²) in [6, 6.07) is 3.75. The number of imidazole rings is 1. The number of hydrogen-bond acceptors (Lipinski definition) is 4. The van der Waals surface area contributed by atoms with Gasteiger partial charge < -0.3 is 15.0 Å². The largest absolute Gasteiger partial charge is 0.490 e. The Kier molecular flexibility index (Phi) is 3.50. The highest BCUT2D eigenvalue weighted by Gasteiger charge is 1.96. The maximum Gasteiger partial charge on any atom is 0.137 e. The van der Waals surface area contributed by atoms with Gasteiger partial charge in [0.2, 0.25) is 0 Å². The van der Waals surface area contributed by atoms with Gasteiger partial charge in [-0.3, -0.25) is 4.98 Å². The van der Waals surface area contributed by atoms with Crippen molar-refractivity contribution in [2.45, 2.75) is 13.1 Å². The molecule has 2 rings (SSSR count). The van der Waals surface area contributed by atoms with Gasteiger partial charge in [0, 0.05) is 18.9 Å². The van der Waals surface area contributed by atoms with Gasteiger partial charge in [-0.1, -0.05) is 0 Å². The van der Waals surface area contributed by atoms with Crippen LogP contribution in [0.2, 0.25) is 0 Å². The van der Waals surface area contributed by atoms with Gasteiger partial charge >= 0.3 is 0 Å². The van der Waals surface area contributed by atoms with Gasteiger partial charge in [-0.2, -0.15) is 0 Å². The van der Waals surface area contributed by atoms with Gasteiger partial charge in [-0.25, -0.2) is 4.98 Å². The molecule has 5 nitrogen and oxygen atoms in total. The second-order valence-corrected chi connectivity index (χ2v) is 3.34. The van der Waals surface area contributed by atoms with Crippen molar-refractivity contribution in [2.75, 3.05) is 6.61 Å². The standard InChI is InChI=1S/C11H14N4O/c12-7-10-1-2-11(8-14-10)16-6-5-15-4-3-13-9-15/h1-4,8-9H,5-7,12H2. The molecule has 0 fully saturated rings. The molecule has 16 heavy (non-hydrogen) atoms. The highest BCUT2D eigenvalue weighted by atomic mass is 16.5. The summed E-state index contributed by atoms with van der Waals surface area (Å²) in [5.74, 6) is 0.761. The molecule has 0 bridgehead atoms. The molecule has 2 aromatic rings. The topological polar surface area (TPSA) is 66.0 Å². The summed E-state index contributed by atoms with van der Waals surface area (Å²) < 4.78 is 7.49. The van der Waals surface area contributed by atoms with Gasteiger partial charge in [0.15, 0.2) is 0 Å². The van der Waals surface area contributed by atoms with E-state index < -0.39 is 0 Å². The van der Waals surface area contributed by atoms with E-state index >= 15 is 0 Å². The lowest BCUT2D eigenvalue weighted by atomic mass is 10.3. The van der Waals surface area contributed by atoms with Crippen molar-refractivity contribution in [2.24, 2.45) is 5.73 Å². The Morgan fingerprint density at radius 3 is 2.94 bits per heavy atom. The van der Waals surface area contributed by atoms with Gasteiger partial charge in [0.25, 0.3) is 0 Å². The van der Waals surface area contributed by atoms with E-state index in [1.54, 1.807) is 18.7 Å². The zero-order valence-electron chi connectivity index (χ0n) is 8.91. The van der Waals surface area contributed by atoms with E-state index in [1.165, 1.54) is 0 Å². The summed E-state index contributed by atoms with van der Waals surface area (Å²) in [5.41, 5.74) is 6.31. The molecule has 2 heterocycles. The van der Waals surface area contributed by atoms with Crippen molar-refractivity contribution in [1.82, 2.24) is 14.5 Å². The van der Waals surface area contributed by atoms with Crippen molar-refractivity contribution in [3.8, 4) is 5.75 Å². The third-order valence-corrected chi connectivity index (χ3v) is 2.18. The normalized spacial score (nSPS) is 10.3. The lowest BCUT2D eigenvalue weighted by molar-refractivity contribution is 0.297. The van der Waals surface area contributed by atoms with Crippen LogP contribution in [-0.4, -0.2) is 21.1 Å². The zero-order chi connectivity index (χ0) is 11.2. The number of rotatable bonds is 5. The molecule has 0 unspecified atom stereocenters. The molecule has 0 amide bonds. The zero-order valence-corrected chi connectivity index (χ0v) is 8.91. The van der Waals surface area contributed by atoms with E-state index in [0.29, 0.717) is 13.2 Å². The van der Waals surface area contributed by atoms with Crippen LogP contribution in [0.5, 0.6) is 5.75 Å². The maximum absolute atomic E-state index is 5.53. The third kappa shape index (κ3) is 2.80. The number of aromatic nitrogens is 3. The highest BCUT2D eigenvalue weighted by Crippen LogP contribution is 2.08. The second kappa shape index (κ2) is 5.27. The average Bonchev–Trinajstić information content (AvgIpc) is 2.83. The first-order chi connectivity index (χ1) is 7.88. The number of nitrogens with two attached hydrogens (primary N) is 1. The minimum Gasteiger partial charge on any atom is -0.490 e. The number of ether oxygens (including phenoxy) is 1. The molecule has 0 aromatic carbocycles. The van der Waals surface area contributed by atoms with Gasteiger partial charge in [-0.05, 0) is 12.1 Å². The van der Waals surface area contributed by atoms with Crippen molar-refractivity contribution >= 4 is 0 Å². The minimum absolute atomic E-state index is 0.454. The minimum atomic E-state index is 0.454.